The average molecular weight is 210 g/mol. The molecule has 0 radical (unpaired) electrons. The standard InChI is InChI=1S/C12H22N2O/c1-3-12(2,9-15)8-14-11-6-4-5-10(11)7-13/h10-11,14-15H,3-6,8-9H2,1-2H3. The van der Waals surface area contributed by atoms with Crippen LogP contribution in [-0.2, 0) is 0 Å². The summed E-state index contributed by atoms with van der Waals surface area (Å²) in [5.41, 5.74) is -0.0391. The monoisotopic (exact) mass is 210 g/mol. The van der Waals surface area contributed by atoms with Gasteiger partial charge in [0, 0.05) is 24.6 Å². The van der Waals surface area contributed by atoms with Crippen LogP contribution in [0.1, 0.15) is 39.5 Å². The molecule has 0 aromatic heterocycles. The molecular weight excluding hydrogens is 188 g/mol. The van der Waals surface area contributed by atoms with Crippen LogP contribution in [0, 0.1) is 22.7 Å². The van der Waals surface area contributed by atoms with Crippen molar-refractivity contribution in [1.82, 2.24) is 5.32 Å². The van der Waals surface area contributed by atoms with E-state index in [1.54, 1.807) is 0 Å². The third-order valence-electron chi connectivity index (χ3n) is 3.71. The molecule has 1 saturated carbocycles. The van der Waals surface area contributed by atoms with Crippen LogP contribution in [0.5, 0.6) is 0 Å². The topological polar surface area (TPSA) is 56.0 Å². The van der Waals surface area contributed by atoms with Gasteiger partial charge >= 0.3 is 0 Å². The fourth-order valence-corrected chi connectivity index (χ4v) is 2.03. The van der Waals surface area contributed by atoms with E-state index in [4.69, 9.17) is 5.26 Å². The van der Waals surface area contributed by atoms with Gasteiger partial charge in [-0.1, -0.05) is 20.3 Å². The van der Waals surface area contributed by atoms with Crippen molar-refractivity contribution < 1.29 is 5.11 Å². The summed E-state index contributed by atoms with van der Waals surface area (Å²) in [6.07, 6.45) is 4.23. The second-order valence-corrected chi connectivity index (χ2v) is 4.98. The maximum Gasteiger partial charge on any atom is 0.0672 e. The first-order valence-electron chi connectivity index (χ1n) is 5.89. The Morgan fingerprint density at radius 1 is 1.53 bits per heavy atom. The Bertz CT molecular complexity index is 230. The largest absolute Gasteiger partial charge is 0.396 e. The summed E-state index contributed by atoms with van der Waals surface area (Å²) in [5.74, 6) is 0.171. The van der Waals surface area contributed by atoms with E-state index in [2.05, 4.69) is 25.2 Å². The Kier molecular flexibility index (Phi) is 4.56. The molecule has 0 heterocycles. The summed E-state index contributed by atoms with van der Waals surface area (Å²) in [6.45, 7) is 5.19. The van der Waals surface area contributed by atoms with E-state index in [-0.39, 0.29) is 17.9 Å². The van der Waals surface area contributed by atoms with E-state index in [0.29, 0.717) is 6.04 Å². The molecule has 3 heteroatoms. The highest BCUT2D eigenvalue weighted by atomic mass is 16.3. The van der Waals surface area contributed by atoms with E-state index < -0.39 is 0 Å². The van der Waals surface area contributed by atoms with Crippen LogP contribution in [0.25, 0.3) is 0 Å². The molecule has 1 aliphatic carbocycles. The van der Waals surface area contributed by atoms with Crippen molar-refractivity contribution >= 4 is 0 Å². The minimum absolute atomic E-state index is 0.0391. The van der Waals surface area contributed by atoms with Crippen molar-refractivity contribution in [3.63, 3.8) is 0 Å². The molecule has 0 amide bonds. The molecule has 2 N–H and O–H groups in total. The number of aliphatic hydroxyl groups excluding tert-OH is 1. The van der Waals surface area contributed by atoms with Gasteiger partial charge in [0.05, 0.1) is 12.0 Å². The van der Waals surface area contributed by atoms with Crippen LogP contribution in [0.4, 0.5) is 0 Å². The molecule has 1 fully saturated rings. The molecule has 3 atom stereocenters. The van der Waals surface area contributed by atoms with Gasteiger partial charge < -0.3 is 10.4 Å². The number of hydrogen-bond donors (Lipinski definition) is 2. The zero-order valence-electron chi connectivity index (χ0n) is 9.79. The van der Waals surface area contributed by atoms with E-state index in [0.717, 1.165) is 32.2 Å². The molecule has 15 heavy (non-hydrogen) atoms. The second-order valence-electron chi connectivity index (χ2n) is 4.98. The molecule has 0 aliphatic heterocycles. The molecule has 1 aliphatic rings. The van der Waals surface area contributed by atoms with E-state index in [9.17, 15) is 5.11 Å². The van der Waals surface area contributed by atoms with Crippen molar-refractivity contribution in [3.05, 3.63) is 0 Å². The summed E-state index contributed by atoms with van der Waals surface area (Å²) in [6, 6.07) is 2.70. The minimum atomic E-state index is -0.0391. The quantitative estimate of drug-likeness (QED) is 0.726. The lowest BCUT2D eigenvalue weighted by molar-refractivity contribution is 0.130. The van der Waals surface area contributed by atoms with Crippen LogP contribution < -0.4 is 5.32 Å². The predicted octanol–water partition coefficient (Wildman–Crippen LogP) is 1.68. The highest BCUT2D eigenvalue weighted by Crippen LogP contribution is 2.26. The van der Waals surface area contributed by atoms with Gasteiger partial charge in [-0.25, -0.2) is 0 Å². The van der Waals surface area contributed by atoms with Crippen molar-refractivity contribution in [2.75, 3.05) is 13.2 Å². The van der Waals surface area contributed by atoms with Gasteiger partial charge in [-0.2, -0.15) is 5.26 Å². The number of rotatable bonds is 5. The van der Waals surface area contributed by atoms with Gasteiger partial charge in [0.15, 0.2) is 0 Å². The molecular formula is C12H22N2O. The number of nitrogens with zero attached hydrogens (tertiary/aromatic N) is 1. The fraction of sp³-hybridized carbons (Fsp3) is 0.917. The Labute approximate surface area is 92.5 Å². The third kappa shape index (κ3) is 3.19. The van der Waals surface area contributed by atoms with Crippen LogP contribution in [0.3, 0.4) is 0 Å². The zero-order valence-corrected chi connectivity index (χ0v) is 9.79. The lowest BCUT2D eigenvalue weighted by Gasteiger charge is -2.28. The first-order chi connectivity index (χ1) is 7.15. The highest BCUT2D eigenvalue weighted by Gasteiger charge is 2.29. The summed E-state index contributed by atoms with van der Waals surface area (Å²) < 4.78 is 0. The lowest BCUT2D eigenvalue weighted by atomic mass is 9.88. The smallest absolute Gasteiger partial charge is 0.0672 e. The van der Waals surface area contributed by atoms with Crippen LogP contribution >= 0.6 is 0 Å². The molecule has 0 aromatic carbocycles. The molecule has 0 saturated heterocycles. The van der Waals surface area contributed by atoms with Crippen molar-refractivity contribution in [2.24, 2.45) is 11.3 Å². The second kappa shape index (κ2) is 5.48. The van der Waals surface area contributed by atoms with Crippen LogP contribution in [0.2, 0.25) is 0 Å². The van der Waals surface area contributed by atoms with E-state index in [1.165, 1.54) is 0 Å². The van der Waals surface area contributed by atoms with Gasteiger partial charge in [0.1, 0.15) is 0 Å². The first-order valence-corrected chi connectivity index (χ1v) is 5.89. The van der Waals surface area contributed by atoms with Gasteiger partial charge in [-0.15, -0.1) is 0 Å². The zero-order chi connectivity index (χ0) is 11.3. The predicted molar refractivity (Wildman–Crippen MR) is 60.2 cm³/mol. The lowest BCUT2D eigenvalue weighted by Crippen LogP contribution is -2.41. The first kappa shape index (κ1) is 12.5. The number of nitriles is 1. The Morgan fingerprint density at radius 3 is 2.80 bits per heavy atom. The van der Waals surface area contributed by atoms with Gasteiger partial charge in [0.25, 0.3) is 0 Å². The number of aliphatic hydroxyl groups is 1. The maximum absolute atomic E-state index is 9.28. The summed E-state index contributed by atoms with van der Waals surface area (Å²) in [4.78, 5) is 0. The molecule has 1 rings (SSSR count). The molecule has 0 aromatic rings. The van der Waals surface area contributed by atoms with Gasteiger partial charge in [0.2, 0.25) is 0 Å². The van der Waals surface area contributed by atoms with Crippen molar-refractivity contribution in [2.45, 2.75) is 45.6 Å². The Balaban J connectivity index is 2.39. The maximum atomic E-state index is 9.28. The number of hydrogen-bond acceptors (Lipinski definition) is 3. The van der Waals surface area contributed by atoms with E-state index >= 15 is 0 Å². The van der Waals surface area contributed by atoms with Gasteiger partial charge in [-0.3, -0.25) is 0 Å². The molecule has 0 spiro atoms. The molecule has 86 valence electrons. The highest BCUT2D eigenvalue weighted by molar-refractivity contribution is 4.97. The van der Waals surface area contributed by atoms with Gasteiger partial charge in [-0.05, 0) is 19.3 Å². The van der Waals surface area contributed by atoms with Crippen LogP contribution in [0.15, 0.2) is 0 Å². The molecule has 0 bridgehead atoms. The summed E-state index contributed by atoms with van der Waals surface area (Å²) >= 11 is 0. The van der Waals surface area contributed by atoms with Crippen molar-refractivity contribution in [1.29, 1.82) is 5.26 Å². The minimum Gasteiger partial charge on any atom is -0.396 e. The van der Waals surface area contributed by atoms with Crippen LogP contribution in [-0.4, -0.2) is 24.3 Å². The summed E-state index contributed by atoms with van der Waals surface area (Å²) in [7, 11) is 0. The van der Waals surface area contributed by atoms with Crippen molar-refractivity contribution in [3.8, 4) is 6.07 Å². The Morgan fingerprint density at radius 2 is 2.27 bits per heavy atom. The molecule has 3 nitrogen and oxygen atoms in total. The normalized spacial score (nSPS) is 29.7. The third-order valence-corrected chi connectivity index (χ3v) is 3.71. The molecule has 3 unspecified atom stereocenters. The average Bonchev–Trinajstić information content (AvgIpc) is 2.73. The Hall–Kier alpha value is -0.590. The number of nitrogens with one attached hydrogen (secondary N) is 1. The summed E-state index contributed by atoms with van der Waals surface area (Å²) in [5, 5.41) is 21.7. The SMILES string of the molecule is CCC(C)(CO)CNC1CCCC1C#N. The van der Waals surface area contributed by atoms with E-state index in [1.807, 2.05) is 0 Å². The fourth-order valence-electron chi connectivity index (χ4n) is 2.03.